The molecule has 2 amide bonds. The van der Waals surface area contributed by atoms with Crippen LogP contribution in [0.3, 0.4) is 0 Å². The third-order valence-corrected chi connectivity index (χ3v) is 5.71. The molecule has 1 aliphatic rings. The number of nitrogens with one attached hydrogen (secondary N) is 2. The zero-order valence-corrected chi connectivity index (χ0v) is 16.7. The molecule has 2 N–H and O–H groups in total. The van der Waals surface area contributed by atoms with E-state index in [0.29, 0.717) is 29.6 Å². The quantitative estimate of drug-likeness (QED) is 0.553. The molecule has 0 atom stereocenters. The van der Waals surface area contributed by atoms with Gasteiger partial charge in [-0.3, -0.25) is 9.59 Å². The maximum atomic E-state index is 12.3. The maximum Gasteiger partial charge on any atom is 0.261 e. The highest BCUT2D eigenvalue weighted by Crippen LogP contribution is 2.28. The molecule has 29 heavy (non-hydrogen) atoms. The van der Waals surface area contributed by atoms with Gasteiger partial charge in [0.2, 0.25) is 0 Å². The molecular formula is C23H22N2O3S. The van der Waals surface area contributed by atoms with Crippen molar-refractivity contribution in [1.29, 1.82) is 0 Å². The second kappa shape index (κ2) is 8.92. The minimum atomic E-state index is -0.113. The van der Waals surface area contributed by atoms with Crippen molar-refractivity contribution >= 4 is 23.2 Å². The first-order chi connectivity index (χ1) is 14.2. The lowest BCUT2D eigenvalue weighted by atomic mass is 10.1. The van der Waals surface area contributed by atoms with Crippen molar-refractivity contribution < 1.29 is 14.3 Å². The van der Waals surface area contributed by atoms with Crippen LogP contribution in [0.25, 0.3) is 10.4 Å². The largest absolute Gasteiger partial charge is 0.492 e. The van der Waals surface area contributed by atoms with Gasteiger partial charge in [-0.2, -0.15) is 0 Å². The second-order valence-electron chi connectivity index (χ2n) is 6.91. The summed E-state index contributed by atoms with van der Waals surface area (Å²) in [5, 5.41) is 5.86. The third kappa shape index (κ3) is 5.23. The van der Waals surface area contributed by atoms with Crippen molar-refractivity contribution in [2.24, 2.45) is 0 Å². The summed E-state index contributed by atoms with van der Waals surface area (Å²) in [4.78, 5) is 26.1. The molecule has 1 aliphatic carbocycles. The highest BCUT2D eigenvalue weighted by atomic mass is 32.1. The number of hydrogen-bond acceptors (Lipinski definition) is 4. The van der Waals surface area contributed by atoms with Gasteiger partial charge < -0.3 is 15.4 Å². The monoisotopic (exact) mass is 406 g/mol. The Morgan fingerprint density at radius 2 is 1.69 bits per heavy atom. The van der Waals surface area contributed by atoms with Crippen molar-refractivity contribution in [2.75, 3.05) is 13.2 Å². The van der Waals surface area contributed by atoms with Crippen LogP contribution in [-0.2, 0) is 0 Å². The van der Waals surface area contributed by atoms with Crippen molar-refractivity contribution in [1.82, 2.24) is 10.6 Å². The molecule has 0 aliphatic heterocycles. The Labute approximate surface area is 173 Å². The zero-order valence-electron chi connectivity index (χ0n) is 15.9. The van der Waals surface area contributed by atoms with E-state index in [1.807, 2.05) is 66.7 Å². The first-order valence-electron chi connectivity index (χ1n) is 9.66. The lowest BCUT2D eigenvalue weighted by molar-refractivity contribution is 0.0943. The Morgan fingerprint density at radius 3 is 2.41 bits per heavy atom. The van der Waals surface area contributed by atoms with E-state index in [0.717, 1.165) is 29.0 Å². The number of rotatable bonds is 8. The van der Waals surface area contributed by atoms with Crippen LogP contribution in [0.15, 0.2) is 66.7 Å². The number of carbonyl (C=O) groups is 2. The Balaban J connectivity index is 1.29. The first kappa shape index (κ1) is 19.2. The van der Waals surface area contributed by atoms with Gasteiger partial charge in [-0.15, -0.1) is 11.3 Å². The highest BCUT2D eigenvalue weighted by Gasteiger charge is 2.23. The molecule has 148 valence electrons. The van der Waals surface area contributed by atoms with Gasteiger partial charge >= 0.3 is 0 Å². The SMILES string of the molecule is O=C(NC1CC1)c1ccc(-c2ccc(C(=O)NCCOc3ccccc3)s2)cc1. The minimum absolute atomic E-state index is 0.0250. The Morgan fingerprint density at radius 1 is 0.931 bits per heavy atom. The van der Waals surface area contributed by atoms with Crippen molar-refractivity contribution in [3.8, 4) is 16.2 Å². The van der Waals surface area contributed by atoms with Gasteiger partial charge in [0.25, 0.3) is 11.8 Å². The van der Waals surface area contributed by atoms with Crippen molar-refractivity contribution in [3.63, 3.8) is 0 Å². The number of hydrogen-bond donors (Lipinski definition) is 2. The van der Waals surface area contributed by atoms with E-state index >= 15 is 0 Å². The van der Waals surface area contributed by atoms with E-state index in [9.17, 15) is 9.59 Å². The fraction of sp³-hybridized carbons (Fsp3) is 0.217. The van der Waals surface area contributed by atoms with Crippen LogP contribution in [-0.4, -0.2) is 31.0 Å². The lowest BCUT2D eigenvalue weighted by Gasteiger charge is -2.06. The topological polar surface area (TPSA) is 67.4 Å². The molecule has 6 heteroatoms. The van der Waals surface area contributed by atoms with Crippen LogP contribution >= 0.6 is 11.3 Å². The van der Waals surface area contributed by atoms with Gasteiger partial charge in [0, 0.05) is 16.5 Å². The molecule has 4 rings (SSSR count). The van der Waals surface area contributed by atoms with Gasteiger partial charge in [0.05, 0.1) is 11.4 Å². The number of amides is 2. The zero-order chi connectivity index (χ0) is 20.1. The predicted octanol–water partition coefficient (Wildman–Crippen LogP) is 4.12. The fourth-order valence-corrected chi connectivity index (χ4v) is 3.76. The number of thiophene rings is 1. The first-order valence-corrected chi connectivity index (χ1v) is 10.5. The highest BCUT2D eigenvalue weighted by molar-refractivity contribution is 7.17. The van der Waals surface area contributed by atoms with E-state index in [4.69, 9.17) is 4.74 Å². The average Bonchev–Trinajstić information content (AvgIpc) is 3.43. The summed E-state index contributed by atoms with van der Waals surface area (Å²) in [6.07, 6.45) is 2.14. The van der Waals surface area contributed by atoms with Crippen molar-refractivity contribution in [2.45, 2.75) is 18.9 Å². The molecule has 1 saturated carbocycles. The summed E-state index contributed by atoms with van der Waals surface area (Å²) < 4.78 is 5.58. The molecule has 1 fully saturated rings. The molecule has 0 unspecified atom stereocenters. The van der Waals surface area contributed by atoms with E-state index in [1.54, 1.807) is 0 Å². The van der Waals surface area contributed by atoms with E-state index in [1.165, 1.54) is 11.3 Å². The summed E-state index contributed by atoms with van der Waals surface area (Å²) in [6, 6.07) is 21.1. The molecule has 0 spiro atoms. The van der Waals surface area contributed by atoms with E-state index < -0.39 is 0 Å². The molecule has 0 saturated heterocycles. The van der Waals surface area contributed by atoms with Crippen molar-refractivity contribution in [3.05, 3.63) is 77.2 Å². The number of ether oxygens (including phenoxy) is 1. The summed E-state index contributed by atoms with van der Waals surface area (Å²) in [7, 11) is 0. The standard InChI is InChI=1S/C23H22N2O3S/c26-22(25-18-10-11-18)17-8-6-16(7-9-17)20-12-13-21(29-20)23(27)24-14-15-28-19-4-2-1-3-5-19/h1-9,12-13,18H,10-11,14-15H2,(H,24,27)(H,25,26). The molecule has 3 aromatic rings. The molecule has 0 bridgehead atoms. The van der Waals surface area contributed by atoms with Gasteiger partial charge in [0.15, 0.2) is 0 Å². The number of carbonyl (C=O) groups excluding carboxylic acids is 2. The van der Waals surface area contributed by atoms with E-state index in [-0.39, 0.29) is 11.8 Å². The van der Waals surface area contributed by atoms with Gasteiger partial charge in [-0.1, -0.05) is 30.3 Å². The summed E-state index contributed by atoms with van der Waals surface area (Å²) in [5.41, 5.74) is 1.65. The Hall–Kier alpha value is -3.12. The normalized spacial score (nSPS) is 13.0. The average molecular weight is 407 g/mol. The van der Waals surface area contributed by atoms with E-state index in [2.05, 4.69) is 10.6 Å². The predicted molar refractivity (Wildman–Crippen MR) is 115 cm³/mol. The van der Waals surface area contributed by atoms with Crippen LogP contribution in [0.2, 0.25) is 0 Å². The molecule has 1 aromatic heterocycles. The lowest BCUT2D eigenvalue weighted by Crippen LogP contribution is -2.27. The summed E-state index contributed by atoms with van der Waals surface area (Å²) >= 11 is 1.43. The Kier molecular flexibility index (Phi) is 5.91. The molecule has 0 radical (unpaired) electrons. The second-order valence-corrected chi connectivity index (χ2v) is 7.99. The van der Waals surface area contributed by atoms with Gasteiger partial charge in [-0.05, 0) is 54.8 Å². The minimum Gasteiger partial charge on any atom is -0.492 e. The van der Waals surface area contributed by atoms with Gasteiger partial charge in [-0.25, -0.2) is 0 Å². The molecule has 1 heterocycles. The summed E-state index contributed by atoms with van der Waals surface area (Å²) in [6.45, 7) is 0.851. The number of benzene rings is 2. The smallest absolute Gasteiger partial charge is 0.261 e. The Bertz CT molecular complexity index is 979. The molecular weight excluding hydrogens is 384 g/mol. The number of para-hydroxylation sites is 1. The maximum absolute atomic E-state index is 12.3. The van der Waals surface area contributed by atoms with Crippen LogP contribution < -0.4 is 15.4 Å². The van der Waals surface area contributed by atoms with Crippen LogP contribution in [0.4, 0.5) is 0 Å². The summed E-state index contributed by atoms with van der Waals surface area (Å²) in [5.74, 6) is 0.649. The fourth-order valence-electron chi connectivity index (χ4n) is 2.83. The molecule has 5 nitrogen and oxygen atoms in total. The van der Waals surface area contributed by atoms with Crippen LogP contribution in [0.1, 0.15) is 32.9 Å². The van der Waals surface area contributed by atoms with Gasteiger partial charge in [0.1, 0.15) is 12.4 Å². The van der Waals surface area contributed by atoms with Crippen LogP contribution in [0, 0.1) is 0 Å². The van der Waals surface area contributed by atoms with Crippen LogP contribution in [0.5, 0.6) is 5.75 Å². The molecule has 2 aromatic carbocycles. The third-order valence-electron chi connectivity index (χ3n) is 4.57.